The van der Waals surface area contributed by atoms with Gasteiger partial charge in [0.25, 0.3) is 0 Å². The van der Waals surface area contributed by atoms with Crippen molar-refractivity contribution in [3.8, 4) is 0 Å². The SMILES string of the molecule is C[C@H]1CC[C@@H]2[C@@H](OC(=O)C2(Br)CBr)[C@]2(C)C(=O)C(Br)=C[C@@]12O. The van der Waals surface area contributed by atoms with Crippen LogP contribution in [0.1, 0.15) is 26.7 Å². The van der Waals surface area contributed by atoms with Crippen molar-refractivity contribution >= 4 is 59.5 Å². The van der Waals surface area contributed by atoms with Crippen LogP contribution in [0.25, 0.3) is 0 Å². The van der Waals surface area contributed by atoms with Crippen LogP contribution in [0.15, 0.2) is 10.6 Å². The summed E-state index contributed by atoms with van der Waals surface area (Å²) in [4.78, 5) is 25.2. The van der Waals surface area contributed by atoms with E-state index in [1.807, 2.05) is 6.92 Å². The Balaban J connectivity index is 2.17. The molecule has 2 aliphatic carbocycles. The molecule has 122 valence electrons. The Bertz CT molecular complexity index is 591. The van der Waals surface area contributed by atoms with Crippen LogP contribution >= 0.6 is 47.8 Å². The molecule has 1 N–H and O–H groups in total. The molecular formula is C15H17Br3O4. The number of carbonyl (C=O) groups excluding carboxylic acids is 2. The van der Waals surface area contributed by atoms with Crippen molar-refractivity contribution in [3.63, 3.8) is 0 Å². The van der Waals surface area contributed by atoms with Gasteiger partial charge in [-0.25, -0.2) is 0 Å². The van der Waals surface area contributed by atoms with Gasteiger partial charge in [-0.1, -0.05) is 38.8 Å². The number of hydrogen-bond donors (Lipinski definition) is 1. The third kappa shape index (κ3) is 1.82. The maximum atomic E-state index is 12.8. The molecule has 1 heterocycles. The first kappa shape index (κ1) is 17.1. The number of allylic oxidation sites excluding steroid dienone is 1. The number of hydrogen-bond acceptors (Lipinski definition) is 4. The van der Waals surface area contributed by atoms with E-state index >= 15 is 0 Å². The Kier molecular flexibility index (Phi) is 4.00. The highest BCUT2D eigenvalue weighted by Crippen LogP contribution is 2.60. The van der Waals surface area contributed by atoms with Gasteiger partial charge in [-0.05, 0) is 47.7 Å². The Morgan fingerprint density at radius 1 is 1.41 bits per heavy atom. The van der Waals surface area contributed by atoms with E-state index in [0.717, 1.165) is 0 Å². The van der Waals surface area contributed by atoms with E-state index in [4.69, 9.17) is 4.74 Å². The first-order chi connectivity index (χ1) is 10.1. The van der Waals surface area contributed by atoms with E-state index in [9.17, 15) is 14.7 Å². The molecule has 1 saturated carbocycles. The Morgan fingerprint density at radius 3 is 2.64 bits per heavy atom. The predicted molar refractivity (Wildman–Crippen MR) is 92.3 cm³/mol. The van der Waals surface area contributed by atoms with Gasteiger partial charge in [-0.3, -0.25) is 9.59 Å². The summed E-state index contributed by atoms with van der Waals surface area (Å²) < 4.78 is 5.17. The average molecular weight is 501 g/mol. The van der Waals surface area contributed by atoms with Crippen molar-refractivity contribution in [3.05, 3.63) is 10.6 Å². The van der Waals surface area contributed by atoms with Crippen molar-refractivity contribution in [2.45, 2.75) is 42.7 Å². The summed E-state index contributed by atoms with van der Waals surface area (Å²) in [5.41, 5.74) is -2.48. The number of ketones is 1. The minimum atomic E-state index is -1.31. The van der Waals surface area contributed by atoms with E-state index < -0.39 is 21.4 Å². The summed E-state index contributed by atoms with van der Waals surface area (Å²) in [6, 6.07) is 0. The second-order valence-electron chi connectivity index (χ2n) is 6.76. The lowest BCUT2D eigenvalue weighted by Crippen LogP contribution is -2.57. The highest BCUT2D eigenvalue weighted by Gasteiger charge is 2.71. The lowest BCUT2D eigenvalue weighted by Gasteiger charge is -2.43. The molecule has 0 bridgehead atoms. The molecule has 1 saturated heterocycles. The normalized spacial score (nSPS) is 51.0. The lowest BCUT2D eigenvalue weighted by molar-refractivity contribution is -0.166. The second-order valence-corrected chi connectivity index (χ2v) is 9.59. The van der Waals surface area contributed by atoms with E-state index in [1.54, 1.807) is 13.0 Å². The van der Waals surface area contributed by atoms with Gasteiger partial charge in [-0.15, -0.1) is 0 Å². The number of alkyl halides is 2. The fraction of sp³-hybridized carbons (Fsp3) is 0.733. The molecule has 1 unspecified atom stereocenters. The van der Waals surface area contributed by atoms with Gasteiger partial charge >= 0.3 is 5.97 Å². The molecule has 1 aliphatic heterocycles. The highest BCUT2D eigenvalue weighted by atomic mass is 79.9. The van der Waals surface area contributed by atoms with Gasteiger partial charge in [0.2, 0.25) is 0 Å². The summed E-state index contributed by atoms with van der Waals surface area (Å²) in [5, 5.41) is 11.7. The van der Waals surface area contributed by atoms with Crippen LogP contribution in [-0.2, 0) is 14.3 Å². The Hall–Kier alpha value is 0.280. The zero-order valence-electron chi connectivity index (χ0n) is 12.2. The monoisotopic (exact) mass is 498 g/mol. The van der Waals surface area contributed by atoms with E-state index in [1.165, 1.54) is 0 Å². The molecular weight excluding hydrogens is 484 g/mol. The predicted octanol–water partition coefficient (Wildman–Crippen LogP) is 3.09. The van der Waals surface area contributed by atoms with Crippen molar-refractivity contribution in [2.75, 3.05) is 5.33 Å². The number of fused-ring (bicyclic) bond motifs is 3. The third-order valence-electron chi connectivity index (χ3n) is 5.82. The standard InChI is InChI=1S/C15H17Br3O4/c1-7-3-4-8-11(22-12(20)14(8,18)6-16)13(2)10(19)9(17)5-15(7,13)21/h5,7-8,11,21H,3-4,6H2,1-2H3/t7-,8+,11+,13-,14?,15+/m0/s1. The van der Waals surface area contributed by atoms with Crippen LogP contribution in [0.4, 0.5) is 0 Å². The van der Waals surface area contributed by atoms with Gasteiger partial charge in [0.1, 0.15) is 21.4 Å². The first-order valence-electron chi connectivity index (χ1n) is 7.24. The van der Waals surface area contributed by atoms with Crippen LogP contribution in [0, 0.1) is 17.3 Å². The number of aliphatic hydroxyl groups is 1. The molecule has 0 aromatic carbocycles. The van der Waals surface area contributed by atoms with Crippen molar-refractivity contribution in [1.29, 1.82) is 0 Å². The molecule has 4 nitrogen and oxygen atoms in total. The Labute approximate surface area is 154 Å². The molecule has 0 aromatic rings. The molecule has 0 radical (unpaired) electrons. The zero-order chi connectivity index (χ0) is 16.5. The fourth-order valence-corrected chi connectivity index (χ4v) is 6.21. The lowest BCUT2D eigenvalue weighted by atomic mass is 9.64. The number of ether oxygens (including phenoxy) is 1. The van der Waals surface area contributed by atoms with Gasteiger partial charge in [-0.2, -0.15) is 0 Å². The summed E-state index contributed by atoms with van der Waals surface area (Å²) in [6.45, 7) is 3.67. The van der Waals surface area contributed by atoms with Crippen molar-refractivity contribution in [1.82, 2.24) is 0 Å². The number of rotatable bonds is 1. The van der Waals surface area contributed by atoms with E-state index in [0.29, 0.717) is 22.7 Å². The van der Waals surface area contributed by atoms with Gasteiger partial charge in [0, 0.05) is 11.2 Å². The molecule has 0 aromatic heterocycles. The number of halogens is 3. The molecule has 22 heavy (non-hydrogen) atoms. The van der Waals surface area contributed by atoms with Crippen LogP contribution in [0.2, 0.25) is 0 Å². The van der Waals surface area contributed by atoms with Crippen LogP contribution in [-0.4, -0.2) is 38.2 Å². The minimum Gasteiger partial charge on any atom is -0.460 e. The highest BCUT2D eigenvalue weighted by molar-refractivity contribution is 9.12. The Morgan fingerprint density at radius 2 is 2.05 bits per heavy atom. The molecule has 0 amide bonds. The van der Waals surface area contributed by atoms with E-state index in [-0.39, 0.29) is 23.6 Å². The molecule has 6 atom stereocenters. The zero-order valence-corrected chi connectivity index (χ0v) is 17.0. The van der Waals surface area contributed by atoms with E-state index in [2.05, 4.69) is 47.8 Å². The molecule has 7 heteroatoms. The molecule has 3 rings (SSSR count). The summed E-state index contributed by atoms with van der Waals surface area (Å²) in [7, 11) is 0. The van der Waals surface area contributed by atoms with Crippen LogP contribution in [0.5, 0.6) is 0 Å². The summed E-state index contributed by atoms with van der Waals surface area (Å²) in [6.07, 6.45) is 2.38. The topological polar surface area (TPSA) is 63.6 Å². The van der Waals surface area contributed by atoms with Gasteiger partial charge in [0.05, 0.1) is 4.48 Å². The number of Topliss-reactive ketones (excluding diaryl/α,β-unsaturated/α-hetero) is 1. The van der Waals surface area contributed by atoms with Gasteiger partial charge < -0.3 is 9.84 Å². The summed E-state index contributed by atoms with van der Waals surface area (Å²) >= 11 is 10.2. The molecule has 3 aliphatic rings. The van der Waals surface area contributed by atoms with Gasteiger partial charge in [0.15, 0.2) is 5.78 Å². The second kappa shape index (κ2) is 5.14. The van der Waals surface area contributed by atoms with Crippen molar-refractivity contribution < 1.29 is 19.4 Å². The number of carbonyl (C=O) groups is 2. The molecule has 2 fully saturated rings. The average Bonchev–Trinajstić information content (AvgIpc) is 2.80. The number of esters is 1. The third-order valence-corrected chi connectivity index (χ3v) is 9.24. The molecule has 0 spiro atoms. The summed E-state index contributed by atoms with van der Waals surface area (Å²) in [5.74, 6) is -0.837. The smallest absolute Gasteiger partial charge is 0.324 e. The first-order valence-corrected chi connectivity index (χ1v) is 9.95. The van der Waals surface area contributed by atoms with Crippen LogP contribution < -0.4 is 0 Å². The maximum Gasteiger partial charge on any atom is 0.324 e. The fourth-order valence-electron chi connectivity index (χ4n) is 4.24. The maximum absolute atomic E-state index is 12.8. The quantitative estimate of drug-likeness (QED) is 0.444. The largest absolute Gasteiger partial charge is 0.460 e. The van der Waals surface area contributed by atoms with Crippen molar-refractivity contribution in [2.24, 2.45) is 17.3 Å². The van der Waals surface area contributed by atoms with Crippen LogP contribution in [0.3, 0.4) is 0 Å². The minimum absolute atomic E-state index is 0.104.